The molecule has 1 heterocycles. The van der Waals surface area contributed by atoms with Gasteiger partial charge in [-0.3, -0.25) is 0 Å². The summed E-state index contributed by atoms with van der Waals surface area (Å²) in [6.07, 6.45) is 4.56. The Labute approximate surface area is 164 Å². The molecule has 134 valence electrons. The number of nitrogens with zero attached hydrogens (tertiary/aromatic N) is 4. The smallest absolute Gasteiger partial charge is 0.180 e. The van der Waals surface area contributed by atoms with Gasteiger partial charge in [-0.1, -0.05) is 40.9 Å². The fraction of sp³-hybridized carbons (Fsp3) is 0.118. The number of ether oxygens (including phenoxy) is 2. The fourth-order valence-electron chi connectivity index (χ4n) is 2.13. The zero-order valence-corrected chi connectivity index (χ0v) is 15.8. The van der Waals surface area contributed by atoms with Gasteiger partial charge in [-0.15, -0.1) is 10.2 Å². The number of rotatable bonds is 6. The molecular formula is C17H13Cl3N4O2. The van der Waals surface area contributed by atoms with Crippen molar-refractivity contribution in [3.05, 3.63) is 69.2 Å². The molecule has 0 spiro atoms. The van der Waals surface area contributed by atoms with Crippen molar-refractivity contribution in [3.8, 4) is 11.5 Å². The predicted molar refractivity (Wildman–Crippen MR) is 102 cm³/mol. The van der Waals surface area contributed by atoms with Crippen LogP contribution in [0.15, 0.2) is 48.1 Å². The maximum absolute atomic E-state index is 6.35. The maximum atomic E-state index is 6.35. The molecule has 0 radical (unpaired) electrons. The lowest BCUT2D eigenvalue weighted by Crippen LogP contribution is -2.00. The first-order valence-electron chi connectivity index (χ1n) is 7.40. The van der Waals surface area contributed by atoms with Gasteiger partial charge in [0.05, 0.1) is 18.3 Å². The highest BCUT2D eigenvalue weighted by atomic mass is 35.5. The number of benzene rings is 2. The summed E-state index contributed by atoms with van der Waals surface area (Å²) in [5.41, 5.74) is 1.52. The van der Waals surface area contributed by atoms with Crippen molar-refractivity contribution in [2.24, 2.45) is 5.10 Å². The van der Waals surface area contributed by atoms with E-state index in [0.717, 1.165) is 11.1 Å². The Hall–Kier alpha value is -2.28. The molecule has 3 aromatic rings. The van der Waals surface area contributed by atoms with Crippen LogP contribution in [0.25, 0.3) is 0 Å². The summed E-state index contributed by atoms with van der Waals surface area (Å²) in [4.78, 5) is 0. The molecule has 0 saturated carbocycles. The van der Waals surface area contributed by atoms with Crippen LogP contribution in [-0.2, 0) is 6.61 Å². The quantitative estimate of drug-likeness (QED) is 0.551. The minimum atomic E-state index is 0.222. The van der Waals surface area contributed by atoms with Crippen molar-refractivity contribution in [1.82, 2.24) is 14.9 Å². The summed E-state index contributed by atoms with van der Waals surface area (Å²) in [5.74, 6) is 0.898. The zero-order chi connectivity index (χ0) is 18.5. The normalized spacial score (nSPS) is 11.1. The Balaban J connectivity index is 1.80. The van der Waals surface area contributed by atoms with E-state index in [9.17, 15) is 0 Å². The molecule has 9 heteroatoms. The van der Waals surface area contributed by atoms with Crippen LogP contribution in [0.1, 0.15) is 11.1 Å². The average Bonchev–Trinajstić information content (AvgIpc) is 3.13. The van der Waals surface area contributed by atoms with Crippen LogP contribution in [0.2, 0.25) is 15.1 Å². The van der Waals surface area contributed by atoms with Gasteiger partial charge < -0.3 is 9.47 Å². The van der Waals surface area contributed by atoms with E-state index in [2.05, 4.69) is 15.3 Å². The Bertz CT molecular complexity index is 930. The molecular weight excluding hydrogens is 399 g/mol. The topological polar surface area (TPSA) is 61.5 Å². The van der Waals surface area contributed by atoms with Crippen LogP contribution in [-0.4, -0.2) is 28.2 Å². The van der Waals surface area contributed by atoms with E-state index in [0.29, 0.717) is 26.6 Å². The minimum absolute atomic E-state index is 0.222. The van der Waals surface area contributed by atoms with Crippen LogP contribution in [0.3, 0.4) is 0 Å². The summed E-state index contributed by atoms with van der Waals surface area (Å²) >= 11 is 18.4. The molecule has 2 aromatic carbocycles. The van der Waals surface area contributed by atoms with Gasteiger partial charge in [-0.2, -0.15) is 5.10 Å². The molecule has 0 unspecified atom stereocenters. The highest BCUT2D eigenvalue weighted by Crippen LogP contribution is 2.37. The Morgan fingerprint density at radius 1 is 1.08 bits per heavy atom. The third kappa shape index (κ3) is 4.46. The van der Waals surface area contributed by atoms with Gasteiger partial charge in [0.2, 0.25) is 0 Å². The van der Waals surface area contributed by atoms with Crippen LogP contribution >= 0.6 is 34.8 Å². The number of halogens is 3. The first-order chi connectivity index (χ1) is 12.6. The minimum Gasteiger partial charge on any atom is -0.493 e. The van der Waals surface area contributed by atoms with Crippen molar-refractivity contribution in [2.75, 3.05) is 7.11 Å². The summed E-state index contributed by atoms with van der Waals surface area (Å²) in [6.45, 7) is 0.222. The Morgan fingerprint density at radius 3 is 2.54 bits per heavy atom. The van der Waals surface area contributed by atoms with Gasteiger partial charge >= 0.3 is 0 Å². The number of hydrogen-bond donors (Lipinski definition) is 0. The van der Waals surface area contributed by atoms with E-state index < -0.39 is 0 Å². The van der Waals surface area contributed by atoms with E-state index in [1.54, 1.807) is 36.5 Å². The molecule has 6 nitrogen and oxygen atoms in total. The van der Waals surface area contributed by atoms with Crippen molar-refractivity contribution in [3.63, 3.8) is 0 Å². The van der Waals surface area contributed by atoms with Crippen molar-refractivity contribution >= 4 is 41.0 Å². The van der Waals surface area contributed by atoms with Crippen LogP contribution in [0.4, 0.5) is 0 Å². The molecule has 0 aliphatic rings. The van der Waals surface area contributed by atoms with Crippen LogP contribution < -0.4 is 9.47 Å². The molecule has 0 aliphatic carbocycles. The standard InChI is InChI=1S/C17H13Cl3N4O2/c1-25-16-5-11(7-23-24-9-21-22-10-24)4-15(20)17(16)26-8-12-2-3-13(18)6-14(12)19/h2-7,9-10H,8H2,1H3. The van der Waals surface area contributed by atoms with E-state index in [4.69, 9.17) is 44.3 Å². The third-order valence-electron chi connectivity index (χ3n) is 3.39. The second-order valence-electron chi connectivity index (χ2n) is 5.14. The van der Waals surface area contributed by atoms with E-state index in [1.165, 1.54) is 24.4 Å². The zero-order valence-electron chi connectivity index (χ0n) is 13.6. The highest BCUT2D eigenvalue weighted by Gasteiger charge is 2.13. The van der Waals surface area contributed by atoms with E-state index in [1.807, 2.05) is 0 Å². The molecule has 26 heavy (non-hydrogen) atoms. The fourth-order valence-corrected chi connectivity index (χ4v) is 2.87. The lowest BCUT2D eigenvalue weighted by molar-refractivity contribution is 0.285. The second-order valence-corrected chi connectivity index (χ2v) is 6.40. The summed E-state index contributed by atoms with van der Waals surface area (Å²) in [6, 6.07) is 8.68. The van der Waals surface area contributed by atoms with Gasteiger partial charge in [-0.05, 0) is 29.8 Å². The van der Waals surface area contributed by atoms with Gasteiger partial charge in [-0.25, -0.2) is 4.68 Å². The van der Waals surface area contributed by atoms with E-state index >= 15 is 0 Å². The Morgan fingerprint density at radius 2 is 1.85 bits per heavy atom. The lowest BCUT2D eigenvalue weighted by Gasteiger charge is -2.14. The summed E-state index contributed by atoms with van der Waals surface area (Å²) in [7, 11) is 1.54. The van der Waals surface area contributed by atoms with Crippen molar-refractivity contribution < 1.29 is 9.47 Å². The molecule has 1 aromatic heterocycles. The molecule has 0 fully saturated rings. The van der Waals surface area contributed by atoms with Crippen LogP contribution in [0, 0.1) is 0 Å². The highest BCUT2D eigenvalue weighted by molar-refractivity contribution is 6.35. The maximum Gasteiger partial charge on any atom is 0.180 e. The largest absolute Gasteiger partial charge is 0.493 e. The predicted octanol–water partition coefficient (Wildman–Crippen LogP) is 4.71. The monoisotopic (exact) mass is 410 g/mol. The molecule has 0 N–H and O–H groups in total. The molecule has 0 saturated heterocycles. The number of hydrogen-bond acceptors (Lipinski definition) is 5. The average molecular weight is 412 g/mol. The first-order valence-corrected chi connectivity index (χ1v) is 8.53. The number of aromatic nitrogens is 3. The SMILES string of the molecule is COc1cc(C=Nn2cnnc2)cc(Cl)c1OCc1ccc(Cl)cc1Cl. The second kappa shape index (κ2) is 8.40. The van der Waals surface area contributed by atoms with E-state index in [-0.39, 0.29) is 6.61 Å². The first kappa shape index (κ1) is 18.5. The van der Waals surface area contributed by atoms with Gasteiger partial charge in [0, 0.05) is 15.6 Å². The number of methoxy groups -OCH3 is 1. The summed E-state index contributed by atoms with van der Waals surface area (Å²) in [5, 5.41) is 13.0. The molecule has 0 atom stereocenters. The molecule has 0 amide bonds. The van der Waals surface area contributed by atoms with Crippen LogP contribution in [0.5, 0.6) is 11.5 Å². The summed E-state index contributed by atoms with van der Waals surface area (Å²) < 4.78 is 12.7. The molecule has 0 aliphatic heterocycles. The van der Waals surface area contributed by atoms with Gasteiger partial charge in [0.1, 0.15) is 19.3 Å². The molecule has 0 bridgehead atoms. The van der Waals surface area contributed by atoms with Gasteiger partial charge in [0.15, 0.2) is 11.5 Å². The van der Waals surface area contributed by atoms with Crippen molar-refractivity contribution in [1.29, 1.82) is 0 Å². The van der Waals surface area contributed by atoms with Crippen molar-refractivity contribution in [2.45, 2.75) is 6.61 Å². The lowest BCUT2D eigenvalue weighted by atomic mass is 10.2. The van der Waals surface area contributed by atoms with Gasteiger partial charge in [0.25, 0.3) is 0 Å². The third-order valence-corrected chi connectivity index (χ3v) is 4.25. The Kier molecular flexibility index (Phi) is 5.98. The molecule has 3 rings (SSSR count).